The summed E-state index contributed by atoms with van der Waals surface area (Å²) >= 11 is 0. The highest BCUT2D eigenvalue weighted by atomic mass is 35.5. The van der Waals surface area contributed by atoms with Gasteiger partial charge in [-0.3, -0.25) is 14.3 Å². The highest BCUT2D eigenvalue weighted by Gasteiger charge is 2.25. The molecule has 0 bridgehead atoms. The first-order valence-electron chi connectivity index (χ1n) is 9.54. The zero-order valence-corrected chi connectivity index (χ0v) is 16.6. The molecule has 0 fully saturated rings. The standard InChI is InChI=1S/C21H24N4O2.ClH/c26-20-8-7-18(15-5-2-1-3-6-15)19(20)12-21(27)23-13-16-11-17-14-22-9-4-10-25(17)24-16;/h1-3,5-6,11,22H,4,7-10,12-14H2,(H,23,27);1H. The van der Waals surface area contributed by atoms with E-state index in [2.05, 4.69) is 15.7 Å². The zero-order valence-electron chi connectivity index (χ0n) is 15.7. The Hall–Kier alpha value is -2.44. The fraction of sp³-hybridized carbons (Fsp3) is 0.381. The van der Waals surface area contributed by atoms with Crippen molar-refractivity contribution in [3.8, 4) is 0 Å². The Morgan fingerprint density at radius 1 is 1.21 bits per heavy atom. The van der Waals surface area contributed by atoms with E-state index in [0.717, 1.165) is 48.6 Å². The molecule has 1 aliphatic heterocycles. The molecule has 1 aromatic carbocycles. The number of amides is 1. The molecule has 6 nitrogen and oxygen atoms in total. The van der Waals surface area contributed by atoms with Crippen molar-refractivity contribution in [2.24, 2.45) is 0 Å². The van der Waals surface area contributed by atoms with Crippen LogP contribution < -0.4 is 10.6 Å². The normalized spacial score (nSPS) is 16.4. The van der Waals surface area contributed by atoms with Gasteiger partial charge in [0.05, 0.1) is 24.4 Å². The highest BCUT2D eigenvalue weighted by molar-refractivity contribution is 6.10. The number of carbonyl (C=O) groups is 2. The molecule has 7 heteroatoms. The molecule has 1 aliphatic carbocycles. The van der Waals surface area contributed by atoms with Crippen LogP contribution in [0.1, 0.15) is 42.6 Å². The lowest BCUT2D eigenvalue weighted by Crippen LogP contribution is -2.24. The maximum Gasteiger partial charge on any atom is 0.224 e. The van der Waals surface area contributed by atoms with Crippen LogP contribution in [-0.4, -0.2) is 28.0 Å². The van der Waals surface area contributed by atoms with Crippen LogP contribution in [0.5, 0.6) is 0 Å². The lowest BCUT2D eigenvalue weighted by Gasteiger charge is -2.07. The Bertz CT molecular complexity index is 866. The van der Waals surface area contributed by atoms with Crippen LogP contribution in [0.4, 0.5) is 0 Å². The molecule has 4 rings (SSSR count). The first kappa shape index (κ1) is 20.3. The fourth-order valence-electron chi connectivity index (χ4n) is 3.79. The SMILES string of the molecule is Cl.O=C(CC1=C(c2ccccc2)CCC1=O)NCc1cc2n(n1)CCCNC2. The van der Waals surface area contributed by atoms with E-state index in [1.54, 1.807) is 0 Å². The van der Waals surface area contributed by atoms with Crippen molar-refractivity contribution in [2.45, 2.75) is 45.3 Å². The third-order valence-electron chi connectivity index (χ3n) is 5.17. The number of benzene rings is 1. The Kier molecular flexibility index (Phi) is 6.65. The molecule has 2 aliphatic rings. The molecule has 0 unspecified atom stereocenters. The summed E-state index contributed by atoms with van der Waals surface area (Å²) in [6, 6.07) is 11.9. The van der Waals surface area contributed by atoms with Crippen LogP contribution in [0.2, 0.25) is 0 Å². The second-order valence-electron chi connectivity index (χ2n) is 7.08. The van der Waals surface area contributed by atoms with Gasteiger partial charge in [0, 0.05) is 25.1 Å². The molecule has 0 atom stereocenters. The summed E-state index contributed by atoms with van der Waals surface area (Å²) in [6.07, 6.45) is 2.40. The van der Waals surface area contributed by atoms with Crippen LogP contribution in [-0.2, 0) is 29.2 Å². The van der Waals surface area contributed by atoms with Crippen LogP contribution >= 0.6 is 12.4 Å². The van der Waals surface area contributed by atoms with E-state index in [0.29, 0.717) is 25.0 Å². The van der Waals surface area contributed by atoms with Crippen molar-refractivity contribution in [1.82, 2.24) is 20.4 Å². The van der Waals surface area contributed by atoms with Crippen molar-refractivity contribution < 1.29 is 9.59 Å². The Labute approximate surface area is 170 Å². The molecule has 0 radical (unpaired) electrons. The summed E-state index contributed by atoms with van der Waals surface area (Å²) < 4.78 is 2.01. The summed E-state index contributed by atoms with van der Waals surface area (Å²) in [7, 11) is 0. The van der Waals surface area contributed by atoms with Gasteiger partial charge in [0.25, 0.3) is 0 Å². The summed E-state index contributed by atoms with van der Waals surface area (Å²) in [6.45, 7) is 3.10. The summed E-state index contributed by atoms with van der Waals surface area (Å²) in [5.74, 6) is -0.0428. The monoisotopic (exact) mass is 400 g/mol. The number of hydrogen-bond acceptors (Lipinski definition) is 4. The maximum absolute atomic E-state index is 12.4. The molecule has 148 valence electrons. The first-order valence-corrected chi connectivity index (χ1v) is 9.54. The summed E-state index contributed by atoms with van der Waals surface area (Å²) in [5.41, 5.74) is 4.71. The number of Topliss-reactive ketones (excluding diaryl/α,β-unsaturated/α-hetero) is 1. The second kappa shape index (κ2) is 9.17. The Morgan fingerprint density at radius 3 is 2.86 bits per heavy atom. The van der Waals surface area contributed by atoms with E-state index in [1.165, 1.54) is 0 Å². The minimum Gasteiger partial charge on any atom is -0.350 e. The number of halogens is 1. The molecular weight excluding hydrogens is 376 g/mol. The average Bonchev–Trinajstić information content (AvgIpc) is 3.17. The van der Waals surface area contributed by atoms with Gasteiger partial charge in [-0.05, 0) is 36.6 Å². The quantitative estimate of drug-likeness (QED) is 0.808. The van der Waals surface area contributed by atoms with Gasteiger partial charge < -0.3 is 10.6 Å². The molecule has 2 aromatic rings. The van der Waals surface area contributed by atoms with Gasteiger partial charge >= 0.3 is 0 Å². The molecule has 0 spiro atoms. The van der Waals surface area contributed by atoms with Crippen molar-refractivity contribution >= 4 is 29.7 Å². The number of ketones is 1. The summed E-state index contributed by atoms with van der Waals surface area (Å²) in [4.78, 5) is 24.7. The number of hydrogen-bond donors (Lipinski definition) is 2. The molecule has 0 saturated carbocycles. The van der Waals surface area contributed by atoms with Gasteiger partial charge in [0.1, 0.15) is 0 Å². The number of nitrogens with zero attached hydrogens (tertiary/aromatic N) is 2. The lowest BCUT2D eigenvalue weighted by molar-refractivity contribution is -0.122. The predicted octanol–water partition coefficient (Wildman–Crippen LogP) is 2.62. The van der Waals surface area contributed by atoms with Crippen molar-refractivity contribution in [2.75, 3.05) is 6.54 Å². The van der Waals surface area contributed by atoms with Crippen LogP contribution in [0, 0.1) is 0 Å². The lowest BCUT2D eigenvalue weighted by atomic mass is 10.00. The number of nitrogens with one attached hydrogen (secondary N) is 2. The van der Waals surface area contributed by atoms with E-state index < -0.39 is 0 Å². The zero-order chi connectivity index (χ0) is 18.6. The largest absolute Gasteiger partial charge is 0.350 e. The van der Waals surface area contributed by atoms with Gasteiger partial charge in [-0.2, -0.15) is 5.10 Å². The topological polar surface area (TPSA) is 76.0 Å². The fourth-order valence-corrected chi connectivity index (χ4v) is 3.79. The molecular formula is C21H25ClN4O2. The second-order valence-corrected chi connectivity index (χ2v) is 7.08. The maximum atomic E-state index is 12.4. The van der Waals surface area contributed by atoms with Gasteiger partial charge in [-0.1, -0.05) is 30.3 Å². The van der Waals surface area contributed by atoms with E-state index in [4.69, 9.17) is 0 Å². The Morgan fingerprint density at radius 2 is 2.04 bits per heavy atom. The average molecular weight is 401 g/mol. The first-order chi connectivity index (χ1) is 13.2. The number of rotatable bonds is 5. The van der Waals surface area contributed by atoms with Gasteiger partial charge in [0.15, 0.2) is 5.78 Å². The van der Waals surface area contributed by atoms with Crippen molar-refractivity contribution in [3.05, 3.63) is 58.9 Å². The smallest absolute Gasteiger partial charge is 0.224 e. The van der Waals surface area contributed by atoms with Gasteiger partial charge in [0.2, 0.25) is 5.91 Å². The van der Waals surface area contributed by atoms with E-state index in [1.807, 2.05) is 41.1 Å². The number of aryl methyl sites for hydroxylation is 1. The number of aromatic nitrogens is 2. The van der Waals surface area contributed by atoms with Crippen LogP contribution in [0.25, 0.3) is 5.57 Å². The predicted molar refractivity (Wildman–Crippen MR) is 110 cm³/mol. The third kappa shape index (κ3) is 4.51. The van der Waals surface area contributed by atoms with E-state index in [9.17, 15) is 9.59 Å². The minimum atomic E-state index is -0.130. The number of fused-ring (bicyclic) bond motifs is 1. The van der Waals surface area contributed by atoms with Crippen LogP contribution in [0.3, 0.4) is 0 Å². The summed E-state index contributed by atoms with van der Waals surface area (Å²) in [5, 5.41) is 10.9. The molecule has 1 amide bonds. The minimum absolute atomic E-state index is 0. The third-order valence-corrected chi connectivity index (χ3v) is 5.17. The van der Waals surface area contributed by atoms with Gasteiger partial charge in [-0.15, -0.1) is 12.4 Å². The molecule has 2 N–H and O–H groups in total. The Balaban J connectivity index is 0.00000225. The van der Waals surface area contributed by atoms with Crippen LogP contribution in [0.15, 0.2) is 42.0 Å². The number of allylic oxidation sites excluding steroid dienone is 1. The van der Waals surface area contributed by atoms with Crippen molar-refractivity contribution in [3.63, 3.8) is 0 Å². The van der Waals surface area contributed by atoms with E-state index >= 15 is 0 Å². The highest BCUT2D eigenvalue weighted by Crippen LogP contribution is 2.33. The van der Waals surface area contributed by atoms with E-state index in [-0.39, 0.29) is 30.5 Å². The molecule has 28 heavy (non-hydrogen) atoms. The van der Waals surface area contributed by atoms with Crippen molar-refractivity contribution in [1.29, 1.82) is 0 Å². The molecule has 2 heterocycles. The number of carbonyl (C=O) groups excluding carboxylic acids is 2. The molecule has 0 saturated heterocycles. The molecule has 1 aromatic heterocycles. The van der Waals surface area contributed by atoms with Gasteiger partial charge in [-0.25, -0.2) is 0 Å².